The number of hydrogen-bond donors (Lipinski definition) is 0. The zero-order valence-corrected chi connectivity index (χ0v) is 15.6. The van der Waals surface area contributed by atoms with Gasteiger partial charge in [-0.25, -0.2) is 0 Å². The Morgan fingerprint density at radius 1 is 1.42 bits per heavy atom. The Morgan fingerprint density at radius 2 is 2.12 bits per heavy atom. The Balaban J connectivity index is 2.76. The Hall–Kier alpha value is -1.31. The summed E-state index contributed by atoms with van der Waals surface area (Å²) in [5.41, 5.74) is -2.42. The van der Waals surface area contributed by atoms with E-state index in [0.717, 1.165) is 12.8 Å². The molecule has 1 aliphatic heterocycles. The lowest BCUT2D eigenvalue weighted by molar-refractivity contribution is -0.296. The van der Waals surface area contributed by atoms with E-state index in [1.54, 1.807) is 6.92 Å². The number of hydrogen-bond acceptors (Lipinski definition) is 4. The van der Waals surface area contributed by atoms with Crippen molar-refractivity contribution in [1.82, 2.24) is 0 Å². The number of rotatable bonds is 5. The van der Waals surface area contributed by atoms with E-state index in [1.165, 1.54) is 0 Å². The predicted molar refractivity (Wildman–Crippen MR) is 93.4 cm³/mol. The quantitative estimate of drug-likeness (QED) is 0.438. The molecule has 0 radical (unpaired) electrons. The average molecular weight is 334 g/mol. The molecule has 24 heavy (non-hydrogen) atoms. The van der Waals surface area contributed by atoms with Gasteiger partial charge >= 0.3 is 5.97 Å². The third kappa shape index (κ3) is 2.50. The maximum Gasteiger partial charge on any atom is 0.308 e. The van der Waals surface area contributed by atoms with Gasteiger partial charge < -0.3 is 14.2 Å². The summed E-state index contributed by atoms with van der Waals surface area (Å²) in [5, 5.41) is 0. The van der Waals surface area contributed by atoms with E-state index in [0.29, 0.717) is 13.2 Å². The molecule has 1 aliphatic carbocycles. The molecule has 0 N–H and O–H groups in total. The summed E-state index contributed by atoms with van der Waals surface area (Å²) in [7, 11) is 0. The molecule has 2 fully saturated rings. The monoisotopic (exact) mass is 334 g/mol. The van der Waals surface area contributed by atoms with Crippen LogP contribution in [0.2, 0.25) is 0 Å². The van der Waals surface area contributed by atoms with Crippen molar-refractivity contribution in [2.75, 3.05) is 13.2 Å². The van der Waals surface area contributed by atoms with Gasteiger partial charge in [0.05, 0.1) is 6.42 Å². The number of ether oxygens (including phenoxy) is 3. The van der Waals surface area contributed by atoms with Crippen molar-refractivity contribution in [1.29, 1.82) is 0 Å². The molecule has 4 nitrogen and oxygen atoms in total. The van der Waals surface area contributed by atoms with Gasteiger partial charge in [0.2, 0.25) is 5.60 Å². The molecule has 134 valence electrons. The minimum absolute atomic E-state index is 0.222. The second-order valence-corrected chi connectivity index (χ2v) is 7.04. The van der Waals surface area contributed by atoms with E-state index in [4.69, 9.17) is 14.2 Å². The van der Waals surface area contributed by atoms with Crippen molar-refractivity contribution in [3.05, 3.63) is 12.7 Å². The summed E-state index contributed by atoms with van der Waals surface area (Å²) in [6.07, 6.45) is 3.46. The molecular weight excluding hydrogens is 304 g/mol. The largest absolute Gasteiger partial charge is 0.440 e. The number of esters is 1. The molecule has 1 heterocycles. The van der Waals surface area contributed by atoms with Crippen LogP contribution >= 0.6 is 0 Å². The fraction of sp³-hybridized carbons (Fsp3) is 0.750. The summed E-state index contributed by atoms with van der Waals surface area (Å²) >= 11 is 0. The molecule has 4 heteroatoms. The molecule has 0 aromatic heterocycles. The zero-order valence-electron chi connectivity index (χ0n) is 15.6. The predicted octanol–water partition coefficient (Wildman–Crippen LogP) is 3.50. The molecule has 2 aliphatic rings. The maximum atomic E-state index is 12.5. The molecule has 0 spiro atoms. The summed E-state index contributed by atoms with van der Waals surface area (Å²) in [6, 6.07) is 0. The fourth-order valence-electron chi connectivity index (χ4n) is 4.58. The van der Waals surface area contributed by atoms with E-state index in [9.17, 15) is 4.79 Å². The normalized spacial score (nSPS) is 41.6. The van der Waals surface area contributed by atoms with Gasteiger partial charge in [0.1, 0.15) is 11.7 Å². The van der Waals surface area contributed by atoms with Crippen molar-refractivity contribution in [2.45, 2.75) is 71.2 Å². The van der Waals surface area contributed by atoms with Crippen molar-refractivity contribution in [2.24, 2.45) is 11.3 Å². The Morgan fingerprint density at radius 3 is 2.67 bits per heavy atom. The summed E-state index contributed by atoms with van der Waals surface area (Å²) in [4.78, 5) is 12.5. The molecule has 2 rings (SSSR count). The van der Waals surface area contributed by atoms with Gasteiger partial charge in [0, 0.05) is 18.6 Å². The minimum Gasteiger partial charge on any atom is -0.440 e. The zero-order chi connectivity index (χ0) is 18.0. The molecule has 0 aromatic carbocycles. The van der Waals surface area contributed by atoms with Crippen LogP contribution in [-0.4, -0.2) is 36.5 Å². The molecule has 0 bridgehead atoms. The summed E-state index contributed by atoms with van der Waals surface area (Å²) < 4.78 is 18.5. The van der Waals surface area contributed by atoms with Crippen molar-refractivity contribution in [3.63, 3.8) is 0 Å². The van der Waals surface area contributed by atoms with E-state index in [1.807, 2.05) is 26.8 Å². The first-order valence-corrected chi connectivity index (χ1v) is 8.91. The third-order valence-corrected chi connectivity index (χ3v) is 5.68. The van der Waals surface area contributed by atoms with E-state index >= 15 is 0 Å². The van der Waals surface area contributed by atoms with Crippen LogP contribution in [0.4, 0.5) is 0 Å². The average Bonchev–Trinajstić information content (AvgIpc) is 2.53. The molecule has 1 saturated carbocycles. The highest BCUT2D eigenvalue weighted by Crippen LogP contribution is 2.59. The van der Waals surface area contributed by atoms with Crippen molar-refractivity contribution < 1.29 is 19.0 Å². The SMILES string of the molecule is C=CC1(C)CC(=O)OC2(C#CC)C(OCC)C(C)CCC12OCC. The maximum absolute atomic E-state index is 12.5. The summed E-state index contributed by atoms with van der Waals surface area (Å²) in [5.74, 6) is 6.15. The Kier molecular flexibility index (Phi) is 5.47. The van der Waals surface area contributed by atoms with Gasteiger partial charge in [-0.05, 0) is 45.5 Å². The Labute approximate surface area is 145 Å². The van der Waals surface area contributed by atoms with Gasteiger partial charge in [-0.1, -0.05) is 19.9 Å². The van der Waals surface area contributed by atoms with E-state index in [-0.39, 0.29) is 24.4 Å². The fourth-order valence-corrected chi connectivity index (χ4v) is 4.58. The highest BCUT2D eigenvalue weighted by molar-refractivity contribution is 5.74. The first kappa shape index (κ1) is 19.0. The third-order valence-electron chi connectivity index (χ3n) is 5.68. The standard InChI is InChI=1S/C20H30O4/c1-7-12-19-17(22-9-3)15(5)11-13-20(19,23-10-4)18(6,8-2)14-16(21)24-19/h8,15,17H,2,9-11,13-14H2,1,3-6H3. The molecule has 5 unspecified atom stereocenters. The lowest BCUT2D eigenvalue weighted by atomic mass is 9.53. The van der Waals surface area contributed by atoms with Gasteiger partial charge in [0.15, 0.2) is 0 Å². The lowest BCUT2D eigenvalue weighted by Crippen LogP contribution is -2.76. The van der Waals surface area contributed by atoms with Crippen LogP contribution in [0.25, 0.3) is 0 Å². The van der Waals surface area contributed by atoms with Crippen LogP contribution in [0.5, 0.6) is 0 Å². The van der Waals surface area contributed by atoms with Crippen LogP contribution in [0.1, 0.15) is 53.9 Å². The summed E-state index contributed by atoms with van der Waals surface area (Å²) in [6.45, 7) is 14.9. The van der Waals surface area contributed by atoms with Gasteiger partial charge in [-0.15, -0.1) is 12.5 Å². The van der Waals surface area contributed by atoms with E-state index < -0.39 is 16.6 Å². The highest BCUT2D eigenvalue weighted by atomic mass is 16.6. The second kappa shape index (κ2) is 6.90. The van der Waals surface area contributed by atoms with Crippen LogP contribution in [0.15, 0.2) is 12.7 Å². The number of carbonyl (C=O) groups is 1. The molecule has 0 amide bonds. The molecule has 1 saturated heterocycles. The smallest absolute Gasteiger partial charge is 0.308 e. The van der Waals surface area contributed by atoms with Gasteiger partial charge in [-0.3, -0.25) is 4.79 Å². The lowest BCUT2D eigenvalue weighted by Gasteiger charge is -2.62. The second-order valence-electron chi connectivity index (χ2n) is 7.04. The van der Waals surface area contributed by atoms with Gasteiger partial charge in [0.25, 0.3) is 0 Å². The van der Waals surface area contributed by atoms with Gasteiger partial charge in [-0.2, -0.15) is 0 Å². The topological polar surface area (TPSA) is 44.8 Å². The van der Waals surface area contributed by atoms with Crippen molar-refractivity contribution >= 4 is 5.97 Å². The number of carbonyl (C=O) groups excluding carboxylic acids is 1. The van der Waals surface area contributed by atoms with Crippen LogP contribution in [0, 0.1) is 23.2 Å². The van der Waals surface area contributed by atoms with Crippen molar-refractivity contribution in [3.8, 4) is 11.8 Å². The molecular formula is C20H30O4. The molecule has 0 aromatic rings. The van der Waals surface area contributed by atoms with E-state index in [2.05, 4.69) is 25.3 Å². The first-order chi connectivity index (χ1) is 11.4. The van der Waals surface area contributed by atoms with Crippen LogP contribution in [0.3, 0.4) is 0 Å². The minimum atomic E-state index is -1.11. The first-order valence-electron chi connectivity index (χ1n) is 8.91. The molecule has 5 atom stereocenters. The van der Waals surface area contributed by atoms with Crippen LogP contribution in [-0.2, 0) is 19.0 Å². The number of fused-ring (bicyclic) bond motifs is 1. The highest BCUT2D eigenvalue weighted by Gasteiger charge is 2.72. The van der Waals surface area contributed by atoms with Crippen LogP contribution < -0.4 is 0 Å². The Bertz CT molecular complexity index is 560.